The van der Waals surface area contributed by atoms with Gasteiger partial charge in [-0.3, -0.25) is 9.36 Å². The number of halogens is 2. The van der Waals surface area contributed by atoms with E-state index in [1.54, 1.807) is 29.4 Å². The van der Waals surface area contributed by atoms with Gasteiger partial charge in [-0.25, -0.2) is 9.97 Å². The Morgan fingerprint density at radius 2 is 2.22 bits per heavy atom. The molecule has 2 aromatic rings. The van der Waals surface area contributed by atoms with Gasteiger partial charge in [-0.05, 0) is 38.4 Å². The van der Waals surface area contributed by atoms with Crippen molar-refractivity contribution in [3.8, 4) is 5.82 Å². The Balaban J connectivity index is 0.00000132. The Kier molecular flexibility index (Phi) is 7.48. The molecule has 0 radical (unpaired) electrons. The molecule has 1 aliphatic rings. The maximum atomic E-state index is 12.3. The van der Waals surface area contributed by atoms with Crippen LogP contribution < -0.4 is 10.6 Å². The SMILES string of the molecule is CC1NCCCC1NC(=O)c1ccc(-n2ccnc2)nc1.Cl.Cl. The molecular weight excluding hydrogens is 337 g/mol. The van der Waals surface area contributed by atoms with Crippen LogP contribution in [0.1, 0.15) is 30.1 Å². The highest BCUT2D eigenvalue weighted by Gasteiger charge is 2.22. The first-order valence-corrected chi connectivity index (χ1v) is 7.22. The van der Waals surface area contributed by atoms with E-state index in [1.165, 1.54) is 0 Å². The smallest absolute Gasteiger partial charge is 0.253 e. The Labute approximate surface area is 147 Å². The highest BCUT2D eigenvalue weighted by molar-refractivity contribution is 5.94. The van der Waals surface area contributed by atoms with Gasteiger partial charge in [0.1, 0.15) is 12.1 Å². The highest BCUT2D eigenvalue weighted by Crippen LogP contribution is 2.10. The molecule has 3 rings (SSSR count). The van der Waals surface area contributed by atoms with E-state index in [4.69, 9.17) is 0 Å². The van der Waals surface area contributed by atoms with E-state index in [1.807, 2.05) is 12.3 Å². The molecule has 2 N–H and O–H groups in total. The first-order chi connectivity index (χ1) is 10.2. The molecule has 2 atom stereocenters. The lowest BCUT2D eigenvalue weighted by atomic mass is 9.99. The van der Waals surface area contributed by atoms with Crippen molar-refractivity contribution in [2.45, 2.75) is 31.8 Å². The predicted octanol–water partition coefficient (Wildman–Crippen LogP) is 1.98. The zero-order valence-electron chi connectivity index (χ0n) is 12.8. The number of imidazole rings is 1. The van der Waals surface area contributed by atoms with Gasteiger partial charge in [-0.2, -0.15) is 0 Å². The van der Waals surface area contributed by atoms with E-state index in [0.717, 1.165) is 25.2 Å². The number of carbonyl (C=O) groups excluding carboxylic acids is 1. The van der Waals surface area contributed by atoms with Crippen LogP contribution in [0.4, 0.5) is 0 Å². The van der Waals surface area contributed by atoms with Crippen molar-refractivity contribution in [2.24, 2.45) is 0 Å². The summed E-state index contributed by atoms with van der Waals surface area (Å²) in [6, 6.07) is 4.10. The number of nitrogens with one attached hydrogen (secondary N) is 2. The summed E-state index contributed by atoms with van der Waals surface area (Å²) < 4.78 is 1.80. The number of nitrogens with zero attached hydrogens (tertiary/aromatic N) is 3. The zero-order valence-corrected chi connectivity index (χ0v) is 14.4. The van der Waals surface area contributed by atoms with Gasteiger partial charge in [0, 0.05) is 30.7 Å². The van der Waals surface area contributed by atoms with Crippen LogP contribution in [0.15, 0.2) is 37.1 Å². The third-order valence-electron chi connectivity index (χ3n) is 3.86. The first kappa shape index (κ1) is 19.4. The molecule has 1 aliphatic heterocycles. The lowest BCUT2D eigenvalue weighted by molar-refractivity contribution is 0.0919. The Morgan fingerprint density at radius 1 is 1.39 bits per heavy atom. The van der Waals surface area contributed by atoms with Crippen molar-refractivity contribution in [2.75, 3.05) is 6.54 Å². The van der Waals surface area contributed by atoms with Crippen LogP contribution in [0.2, 0.25) is 0 Å². The number of piperidine rings is 1. The predicted molar refractivity (Wildman–Crippen MR) is 93.8 cm³/mol. The molecule has 0 saturated carbocycles. The third kappa shape index (κ3) is 4.67. The second-order valence-electron chi connectivity index (χ2n) is 5.34. The van der Waals surface area contributed by atoms with E-state index in [0.29, 0.717) is 11.6 Å². The van der Waals surface area contributed by atoms with E-state index >= 15 is 0 Å². The van der Waals surface area contributed by atoms with Crippen LogP contribution in [-0.2, 0) is 0 Å². The van der Waals surface area contributed by atoms with Crippen LogP contribution >= 0.6 is 24.8 Å². The van der Waals surface area contributed by atoms with Crippen molar-refractivity contribution >= 4 is 30.7 Å². The lowest BCUT2D eigenvalue weighted by Crippen LogP contribution is -2.51. The molecule has 0 aromatic carbocycles. The molecule has 2 unspecified atom stereocenters. The van der Waals surface area contributed by atoms with Gasteiger partial charge in [0.15, 0.2) is 0 Å². The van der Waals surface area contributed by atoms with Crippen LogP contribution in [-0.4, -0.2) is 39.1 Å². The van der Waals surface area contributed by atoms with Gasteiger partial charge in [-0.15, -0.1) is 24.8 Å². The summed E-state index contributed by atoms with van der Waals surface area (Å²) in [7, 11) is 0. The maximum Gasteiger partial charge on any atom is 0.253 e. The summed E-state index contributed by atoms with van der Waals surface area (Å²) in [6.07, 6.45) is 8.90. The highest BCUT2D eigenvalue weighted by atomic mass is 35.5. The summed E-state index contributed by atoms with van der Waals surface area (Å²) in [5.74, 6) is 0.678. The van der Waals surface area contributed by atoms with Crippen molar-refractivity contribution in [1.29, 1.82) is 0 Å². The van der Waals surface area contributed by atoms with E-state index in [9.17, 15) is 4.79 Å². The Morgan fingerprint density at radius 3 is 2.83 bits per heavy atom. The lowest BCUT2D eigenvalue weighted by Gasteiger charge is -2.30. The standard InChI is InChI=1S/C15H19N5O.2ClH/c1-11-13(3-2-6-17-11)19-15(21)12-4-5-14(18-9-12)20-8-7-16-10-20;;/h4-5,7-11,13,17H,2-3,6H2,1H3,(H,19,21);2*1H. The minimum atomic E-state index is -0.0692. The van der Waals surface area contributed by atoms with Gasteiger partial charge in [0.05, 0.1) is 5.56 Å². The number of pyridine rings is 1. The number of rotatable bonds is 3. The molecule has 1 amide bonds. The molecule has 1 fully saturated rings. The minimum absolute atomic E-state index is 0. The molecule has 126 valence electrons. The molecular formula is C15H21Cl2N5O. The van der Waals surface area contributed by atoms with Crippen LogP contribution in [0, 0.1) is 0 Å². The molecule has 23 heavy (non-hydrogen) atoms. The summed E-state index contributed by atoms with van der Waals surface area (Å²) in [4.78, 5) is 20.5. The summed E-state index contributed by atoms with van der Waals surface area (Å²) >= 11 is 0. The second kappa shape index (κ2) is 8.86. The third-order valence-corrected chi connectivity index (χ3v) is 3.86. The van der Waals surface area contributed by atoms with Crippen molar-refractivity contribution in [1.82, 2.24) is 25.2 Å². The topological polar surface area (TPSA) is 71.8 Å². The van der Waals surface area contributed by atoms with Gasteiger partial charge in [0.2, 0.25) is 0 Å². The number of hydrogen-bond donors (Lipinski definition) is 2. The minimum Gasteiger partial charge on any atom is -0.348 e. The largest absolute Gasteiger partial charge is 0.348 e. The quantitative estimate of drug-likeness (QED) is 0.880. The summed E-state index contributed by atoms with van der Waals surface area (Å²) in [5, 5.41) is 6.45. The van der Waals surface area contributed by atoms with Crippen molar-refractivity contribution in [3.05, 3.63) is 42.6 Å². The number of aromatic nitrogens is 3. The molecule has 8 heteroatoms. The average molecular weight is 358 g/mol. The fourth-order valence-electron chi connectivity index (χ4n) is 2.56. The van der Waals surface area contributed by atoms with Crippen LogP contribution in [0.3, 0.4) is 0 Å². The molecule has 0 spiro atoms. The fourth-order valence-corrected chi connectivity index (χ4v) is 2.56. The number of carbonyl (C=O) groups is 1. The van der Waals surface area contributed by atoms with Gasteiger partial charge in [-0.1, -0.05) is 0 Å². The van der Waals surface area contributed by atoms with E-state index in [2.05, 4.69) is 27.5 Å². The molecule has 3 heterocycles. The van der Waals surface area contributed by atoms with Crippen molar-refractivity contribution < 1.29 is 4.79 Å². The summed E-state index contributed by atoms with van der Waals surface area (Å²) in [5.41, 5.74) is 0.580. The number of hydrogen-bond acceptors (Lipinski definition) is 4. The zero-order chi connectivity index (χ0) is 14.7. The molecule has 0 bridgehead atoms. The Hall–Kier alpha value is -1.63. The van der Waals surface area contributed by atoms with Crippen LogP contribution in [0.5, 0.6) is 0 Å². The summed E-state index contributed by atoms with van der Waals surface area (Å²) in [6.45, 7) is 3.12. The van der Waals surface area contributed by atoms with Crippen LogP contribution in [0.25, 0.3) is 5.82 Å². The monoisotopic (exact) mass is 357 g/mol. The molecule has 2 aromatic heterocycles. The number of amides is 1. The van der Waals surface area contributed by atoms with Crippen molar-refractivity contribution in [3.63, 3.8) is 0 Å². The molecule has 0 aliphatic carbocycles. The maximum absolute atomic E-state index is 12.3. The second-order valence-corrected chi connectivity index (χ2v) is 5.34. The fraction of sp³-hybridized carbons (Fsp3) is 0.400. The first-order valence-electron chi connectivity index (χ1n) is 7.22. The van der Waals surface area contributed by atoms with Gasteiger partial charge >= 0.3 is 0 Å². The average Bonchev–Trinajstić information content (AvgIpc) is 3.04. The van der Waals surface area contributed by atoms with Gasteiger partial charge < -0.3 is 10.6 Å². The van der Waals surface area contributed by atoms with Gasteiger partial charge in [0.25, 0.3) is 5.91 Å². The van der Waals surface area contributed by atoms with E-state index in [-0.39, 0.29) is 36.8 Å². The molecule has 6 nitrogen and oxygen atoms in total. The molecule has 1 saturated heterocycles. The normalized spacial score (nSPS) is 20.0. The van der Waals surface area contributed by atoms with E-state index < -0.39 is 0 Å². The Bertz CT molecular complexity index is 603.